The van der Waals surface area contributed by atoms with Gasteiger partial charge in [0.25, 0.3) is 5.69 Å². The molecule has 0 saturated carbocycles. The number of anilines is 1. The Hall–Kier alpha value is -2.15. The molecular formula is C12H17N5O2. The van der Waals surface area contributed by atoms with Gasteiger partial charge in [0.1, 0.15) is 5.84 Å². The van der Waals surface area contributed by atoms with Crippen LogP contribution < -0.4 is 5.73 Å². The summed E-state index contributed by atoms with van der Waals surface area (Å²) in [5, 5.41) is 19.0. The summed E-state index contributed by atoms with van der Waals surface area (Å²) in [6.07, 6.45) is 0. The molecule has 1 fully saturated rings. The number of likely N-dealkylation sites (N-methyl/N-ethyl adjacent to an activating group) is 1. The normalized spacial score (nSPS) is 16.4. The fourth-order valence-electron chi connectivity index (χ4n) is 2.06. The van der Waals surface area contributed by atoms with E-state index in [1.54, 1.807) is 0 Å². The molecule has 1 aliphatic rings. The average molecular weight is 263 g/mol. The molecule has 0 aromatic heterocycles. The maximum absolute atomic E-state index is 10.8. The second-order valence-corrected chi connectivity index (χ2v) is 4.67. The molecule has 0 spiro atoms. The predicted molar refractivity (Wildman–Crippen MR) is 73.4 cm³/mol. The highest BCUT2D eigenvalue weighted by atomic mass is 16.6. The van der Waals surface area contributed by atoms with E-state index in [-0.39, 0.29) is 11.5 Å². The number of hydrogen-bond donors (Lipinski definition) is 2. The van der Waals surface area contributed by atoms with E-state index < -0.39 is 4.92 Å². The summed E-state index contributed by atoms with van der Waals surface area (Å²) in [6, 6.07) is 4.21. The number of non-ortho nitro benzene ring substituents is 1. The number of nitrogens with one attached hydrogen (secondary N) is 1. The zero-order chi connectivity index (χ0) is 14.0. The number of piperazine rings is 1. The van der Waals surface area contributed by atoms with Crippen molar-refractivity contribution in [3.8, 4) is 0 Å². The lowest BCUT2D eigenvalue weighted by atomic mass is 10.1. The summed E-state index contributed by atoms with van der Waals surface area (Å²) in [6.45, 7) is 3.21. The fourth-order valence-corrected chi connectivity index (χ4v) is 2.06. The molecule has 0 aliphatic carbocycles. The Morgan fingerprint density at radius 3 is 2.58 bits per heavy atom. The topological polar surface area (TPSA) is 99.5 Å². The van der Waals surface area contributed by atoms with Gasteiger partial charge >= 0.3 is 0 Å². The number of nitrogens with zero attached hydrogens (tertiary/aromatic N) is 3. The summed E-state index contributed by atoms with van der Waals surface area (Å²) in [4.78, 5) is 14.4. The van der Waals surface area contributed by atoms with Gasteiger partial charge in [-0.2, -0.15) is 0 Å². The van der Waals surface area contributed by atoms with Crippen molar-refractivity contribution >= 4 is 17.2 Å². The predicted octanol–water partition coefficient (Wildman–Crippen LogP) is 0.750. The van der Waals surface area contributed by atoms with Crippen LogP contribution in [-0.4, -0.2) is 53.8 Å². The van der Waals surface area contributed by atoms with E-state index in [9.17, 15) is 10.1 Å². The molecule has 1 aromatic carbocycles. The third-order valence-electron chi connectivity index (χ3n) is 3.32. The van der Waals surface area contributed by atoms with Gasteiger partial charge in [-0.15, -0.1) is 0 Å². The smallest absolute Gasteiger partial charge is 0.270 e. The SMILES string of the molecule is CN1CCN(C(=N)c2cc([N+](=O)[O-])ccc2N)CC1. The lowest BCUT2D eigenvalue weighted by Gasteiger charge is -2.34. The van der Waals surface area contributed by atoms with Crippen molar-refractivity contribution in [1.29, 1.82) is 5.41 Å². The maximum atomic E-state index is 10.8. The molecule has 0 amide bonds. The van der Waals surface area contributed by atoms with Crippen molar-refractivity contribution in [2.24, 2.45) is 0 Å². The van der Waals surface area contributed by atoms with Crippen molar-refractivity contribution < 1.29 is 4.92 Å². The van der Waals surface area contributed by atoms with Gasteiger partial charge in [-0.3, -0.25) is 15.5 Å². The molecule has 1 saturated heterocycles. The van der Waals surface area contributed by atoms with Crippen LogP contribution in [0.3, 0.4) is 0 Å². The number of rotatable bonds is 2. The number of nitro groups is 1. The van der Waals surface area contributed by atoms with Crippen LogP contribution in [0.25, 0.3) is 0 Å². The third-order valence-corrected chi connectivity index (χ3v) is 3.32. The highest BCUT2D eigenvalue weighted by Gasteiger charge is 2.20. The first kappa shape index (κ1) is 13.3. The molecule has 0 bridgehead atoms. The Bertz CT molecular complexity index is 509. The average Bonchev–Trinajstić information content (AvgIpc) is 2.39. The molecular weight excluding hydrogens is 246 g/mol. The van der Waals surface area contributed by atoms with Crippen LogP contribution in [0.1, 0.15) is 5.56 Å². The minimum absolute atomic E-state index is 0.0388. The largest absolute Gasteiger partial charge is 0.398 e. The molecule has 19 heavy (non-hydrogen) atoms. The van der Waals surface area contributed by atoms with Gasteiger partial charge in [0.05, 0.1) is 4.92 Å². The van der Waals surface area contributed by atoms with E-state index in [1.165, 1.54) is 18.2 Å². The lowest BCUT2D eigenvalue weighted by molar-refractivity contribution is -0.384. The monoisotopic (exact) mass is 263 g/mol. The Balaban J connectivity index is 2.23. The van der Waals surface area contributed by atoms with Gasteiger partial charge in [-0.25, -0.2) is 0 Å². The first-order valence-corrected chi connectivity index (χ1v) is 6.05. The highest BCUT2D eigenvalue weighted by Crippen LogP contribution is 2.21. The summed E-state index contributed by atoms with van der Waals surface area (Å²) in [7, 11) is 2.03. The summed E-state index contributed by atoms with van der Waals surface area (Å²) < 4.78 is 0. The number of nitrogen functional groups attached to an aromatic ring is 1. The number of nitro benzene ring substituents is 1. The summed E-state index contributed by atoms with van der Waals surface area (Å²) in [5.41, 5.74) is 6.61. The molecule has 0 unspecified atom stereocenters. The molecule has 2 rings (SSSR count). The van der Waals surface area contributed by atoms with E-state index >= 15 is 0 Å². The zero-order valence-electron chi connectivity index (χ0n) is 10.8. The first-order chi connectivity index (χ1) is 8.99. The quantitative estimate of drug-likeness (QED) is 0.270. The van der Waals surface area contributed by atoms with Gasteiger partial charge < -0.3 is 15.5 Å². The first-order valence-electron chi connectivity index (χ1n) is 6.05. The summed E-state index contributed by atoms with van der Waals surface area (Å²) in [5.74, 6) is 0.259. The van der Waals surface area contributed by atoms with Crippen LogP contribution in [0, 0.1) is 15.5 Å². The molecule has 1 heterocycles. The van der Waals surface area contributed by atoms with E-state index in [0.29, 0.717) is 11.3 Å². The molecule has 1 aromatic rings. The molecule has 0 atom stereocenters. The molecule has 3 N–H and O–H groups in total. The van der Waals surface area contributed by atoms with Crippen molar-refractivity contribution in [3.05, 3.63) is 33.9 Å². The standard InChI is InChI=1S/C12H17N5O2/c1-15-4-6-16(7-5-15)12(14)10-8-9(17(18)19)2-3-11(10)13/h2-3,8,14H,4-7,13H2,1H3. The Labute approximate surface area is 111 Å². The Morgan fingerprint density at radius 2 is 2.00 bits per heavy atom. The van der Waals surface area contributed by atoms with Gasteiger partial charge in [0.15, 0.2) is 0 Å². The number of amidine groups is 1. The van der Waals surface area contributed by atoms with Crippen LogP contribution in [0.15, 0.2) is 18.2 Å². The molecule has 7 nitrogen and oxygen atoms in total. The Kier molecular flexibility index (Phi) is 3.66. The maximum Gasteiger partial charge on any atom is 0.270 e. The second-order valence-electron chi connectivity index (χ2n) is 4.67. The van der Waals surface area contributed by atoms with Gasteiger partial charge in [0, 0.05) is 49.6 Å². The number of nitrogens with two attached hydrogens (primary N) is 1. The second kappa shape index (κ2) is 5.23. The van der Waals surface area contributed by atoms with E-state index in [1.807, 2.05) is 11.9 Å². The number of benzene rings is 1. The molecule has 0 radical (unpaired) electrons. The minimum atomic E-state index is -0.472. The Morgan fingerprint density at radius 1 is 1.37 bits per heavy atom. The lowest BCUT2D eigenvalue weighted by Crippen LogP contribution is -2.47. The van der Waals surface area contributed by atoms with Crippen LogP contribution >= 0.6 is 0 Å². The summed E-state index contributed by atoms with van der Waals surface area (Å²) >= 11 is 0. The zero-order valence-corrected chi connectivity index (χ0v) is 10.8. The van der Waals surface area contributed by atoms with Crippen molar-refractivity contribution in [2.75, 3.05) is 39.0 Å². The molecule has 102 valence electrons. The fraction of sp³-hybridized carbons (Fsp3) is 0.417. The highest BCUT2D eigenvalue weighted by molar-refractivity contribution is 6.01. The van der Waals surface area contributed by atoms with E-state index in [0.717, 1.165) is 26.2 Å². The van der Waals surface area contributed by atoms with E-state index in [4.69, 9.17) is 11.1 Å². The van der Waals surface area contributed by atoms with Crippen molar-refractivity contribution in [1.82, 2.24) is 9.80 Å². The van der Waals surface area contributed by atoms with Crippen molar-refractivity contribution in [3.63, 3.8) is 0 Å². The molecule has 7 heteroatoms. The number of hydrogen-bond acceptors (Lipinski definition) is 5. The van der Waals surface area contributed by atoms with Crippen LogP contribution in [0.5, 0.6) is 0 Å². The van der Waals surface area contributed by atoms with Crippen molar-refractivity contribution in [2.45, 2.75) is 0 Å². The minimum Gasteiger partial charge on any atom is -0.398 e. The van der Waals surface area contributed by atoms with E-state index in [2.05, 4.69) is 4.90 Å². The van der Waals surface area contributed by atoms with Gasteiger partial charge in [0.2, 0.25) is 0 Å². The van der Waals surface area contributed by atoms with Gasteiger partial charge in [-0.05, 0) is 13.1 Å². The van der Waals surface area contributed by atoms with Gasteiger partial charge in [-0.1, -0.05) is 0 Å². The van der Waals surface area contributed by atoms with Crippen LogP contribution in [0.2, 0.25) is 0 Å². The third kappa shape index (κ3) is 2.82. The van der Waals surface area contributed by atoms with Crippen LogP contribution in [-0.2, 0) is 0 Å². The molecule has 1 aliphatic heterocycles. The van der Waals surface area contributed by atoms with Crippen LogP contribution in [0.4, 0.5) is 11.4 Å².